The Morgan fingerprint density at radius 2 is 1.77 bits per heavy atom. The molecular formula is C19H21NO2. The van der Waals surface area contributed by atoms with Gasteiger partial charge in [0.15, 0.2) is 0 Å². The van der Waals surface area contributed by atoms with E-state index in [0.29, 0.717) is 6.61 Å². The Morgan fingerprint density at radius 3 is 2.36 bits per heavy atom. The average Bonchev–Trinajstić information content (AvgIpc) is 2.51. The van der Waals surface area contributed by atoms with Crippen LogP contribution in [0, 0.1) is 6.92 Å². The number of carbonyl (C=O) groups excluding carboxylic acids is 1. The number of ether oxygens (including phenoxy) is 1. The average molecular weight is 295 g/mol. The van der Waals surface area contributed by atoms with Crippen molar-refractivity contribution >= 4 is 6.09 Å². The summed E-state index contributed by atoms with van der Waals surface area (Å²) in [4.78, 5) is 12.1. The van der Waals surface area contributed by atoms with Gasteiger partial charge in [0.2, 0.25) is 0 Å². The molecule has 1 fully saturated rings. The molecule has 0 radical (unpaired) electrons. The molecule has 0 heterocycles. The Bertz CT molecular complexity index is 630. The topological polar surface area (TPSA) is 38.3 Å². The molecule has 0 unspecified atom stereocenters. The highest BCUT2D eigenvalue weighted by molar-refractivity contribution is 5.69. The van der Waals surface area contributed by atoms with E-state index in [1.54, 1.807) is 0 Å². The molecule has 114 valence electrons. The molecule has 0 spiro atoms. The third-order valence-corrected chi connectivity index (χ3v) is 4.37. The number of nitrogens with one attached hydrogen (secondary N) is 1. The van der Waals surface area contributed by atoms with Gasteiger partial charge in [-0.1, -0.05) is 60.2 Å². The highest BCUT2D eigenvalue weighted by Crippen LogP contribution is 2.41. The molecule has 1 N–H and O–H groups in total. The van der Waals surface area contributed by atoms with Crippen LogP contribution in [-0.2, 0) is 16.9 Å². The maximum absolute atomic E-state index is 12.1. The molecule has 1 aliphatic rings. The van der Waals surface area contributed by atoms with E-state index in [-0.39, 0.29) is 11.6 Å². The van der Waals surface area contributed by atoms with Crippen LogP contribution >= 0.6 is 0 Å². The fourth-order valence-electron chi connectivity index (χ4n) is 2.84. The number of benzene rings is 2. The van der Waals surface area contributed by atoms with Crippen LogP contribution in [0.1, 0.15) is 36.0 Å². The molecule has 1 aliphatic carbocycles. The quantitative estimate of drug-likeness (QED) is 0.913. The van der Waals surface area contributed by atoms with Gasteiger partial charge >= 0.3 is 6.09 Å². The van der Waals surface area contributed by atoms with Crippen molar-refractivity contribution in [2.45, 2.75) is 38.3 Å². The molecule has 22 heavy (non-hydrogen) atoms. The highest BCUT2D eigenvalue weighted by Gasteiger charge is 2.40. The molecule has 2 aromatic carbocycles. The molecule has 3 heteroatoms. The van der Waals surface area contributed by atoms with Gasteiger partial charge in [-0.3, -0.25) is 0 Å². The number of hydrogen-bond donors (Lipinski definition) is 1. The first kappa shape index (κ1) is 14.6. The molecule has 0 saturated heterocycles. The van der Waals surface area contributed by atoms with Crippen LogP contribution < -0.4 is 5.32 Å². The van der Waals surface area contributed by atoms with E-state index in [0.717, 1.165) is 24.8 Å². The molecule has 0 bridgehead atoms. The van der Waals surface area contributed by atoms with Gasteiger partial charge in [0.05, 0.1) is 5.54 Å². The monoisotopic (exact) mass is 295 g/mol. The zero-order valence-electron chi connectivity index (χ0n) is 12.8. The minimum atomic E-state index is -0.343. The fourth-order valence-corrected chi connectivity index (χ4v) is 2.84. The summed E-state index contributed by atoms with van der Waals surface area (Å²) >= 11 is 0. The van der Waals surface area contributed by atoms with Crippen LogP contribution in [0.4, 0.5) is 4.79 Å². The lowest BCUT2D eigenvalue weighted by atomic mass is 9.72. The summed E-state index contributed by atoms with van der Waals surface area (Å²) in [6.45, 7) is 2.37. The van der Waals surface area contributed by atoms with Crippen molar-refractivity contribution < 1.29 is 9.53 Å². The van der Waals surface area contributed by atoms with Gasteiger partial charge in [-0.2, -0.15) is 0 Å². The minimum Gasteiger partial charge on any atom is -0.445 e. The van der Waals surface area contributed by atoms with Crippen LogP contribution in [0.5, 0.6) is 0 Å². The summed E-state index contributed by atoms with van der Waals surface area (Å²) in [6.07, 6.45) is 2.73. The number of carbonyl (C=O) groups is 1. The second-order valence-electron chi connectivity index (χ2n) is 5.99. The van der Waals surface area contributed by atoms with Gasteiger partial charge in [0, 0.05) is 0 Å². The summed E-state index contributed by atoms with van der Waals surface area (Å²) in [5.74, 6) is 0. The first-order chi connectivity index (χ1) is 10.7. The Hall–Kier alpha value is -2.29. The maximum atomic E-state index is 12.1. The summed E-state index contributed by atoms with van der Waals surface area (Å²) in [5, 5.41) is 3.07. The molecule has 0 aromatic heterocycles. The lowest BCUT2D eigenvalue weighted by Crippen LogP contribution is -2.50. The summed E-state index contributed by atoms with van der Waals surface area (Å²) in [5.41, 5.74) is 3.14. The van der Waals surface area contributed by atoms with Crippen molar-refractivity contribution in [2.24, 2.45) is 0 Å². The molecule has 0 aliphatic heterocycles. The van der Waals surface area contributed by atoms with Crippen LogP contribution in [0.2, 0.25) is 0 Å². The second kappa shape index (κ2) is 6.22. The molecular weight excluding hydrogens is 274 g/mol. The zero-order chi connectivity index (χ0) is 15.4. The molecule has 3 rings (SSSR count). The van der Waals surface area contributed by atoms with E-state index in [1.165, 1.54) is 11.1 Å². The van der Waals surface area contributed by atoms with Crippen molar-refractivity contribution in [1.82, 2.24) is 5.32 Å². The van der Waals surface area contributed by atoms with Gasteiger partial charge in [-0.25, -0.2) is 4.79 Å². The van der Waals surface area contributed by atoms with Crippen LogP contribution in [0.3, 0.4) is 0 Å². The van der Waals surface area contributed by atoms with Crippen LogP contribution in [-0.4, -0.2) is 6.09 Å². The molecule has 1 saturated carbocycles. The number of hydrogen-bond acceptors (Lipinski definition) is 2. The number of rotatable bonds is 4. The van der Waals surface area contributed by atoms with Crippen molar-refractivity contribution in [2.75, 3.05) is 0 Å². The van der Waals surface area contributed by atoms with E-state index in [2.05, 4.69) is 36.5 Å². The summed E-state index contributed by atoms with van der Waals surface area (Å²) in [7, 11) is 0. The van der Waals surface area contributed by atoms with Crippen molar-refractivity contribution in [3.05, 3.63) is 71.3 Å². The number of amides is 1. The van der Waals surface area contributed by atoms with Gasteiger partial charge < -0.3 is 10.1 Å². The van der Waals surface area contributed by atoms with Gasteiger partial charge in [-0.05, 0) is 37.3 Å². The lowest BCUT2D eigenvalue weighted by molar-refractivity contribution is 0.106. The predicted molar refractivity (Wildman–Crippen MR) is 86.5 cm³/mol. The normalized spacial score (nSPS) is 15.7. The standard InChI is InChI=1S/C19H21NO2/c1-15-8-10-17(11-9-15)19(12-5-13-19)20-18(21)22-14-16-6-3-2-4-7-16/h2-4,6-11H,5,12-14H2,1H3,(H,20,21). The van der Waals surface area contributed by atoms with Crippen molar-refractivity contribution in [3.63, 3.8) is 0 Å². The van der Waals surface area contributed by atoms with E-state index in [9.17, 15) is 4.79 Å². The summed E-state index contributed by atoms with van der Waals surface area (Å²) < 4.78 is 5.35. The number of alkyl carbamates (subject to hydrolysis) is 1. The SMILES string of the molecule is Cc1ccc(C2(NC(=O)OCc3ccccc3)CCC2)cc1. The Kier molecular flexibility index (Phi) is 4.14. The predicted octanol–water partition coefficient (Wildman–Crippen LogP) is 4.30. The van der Waals surface area contributed by atoms with E-state index >= 15 is 0 Å². The second-order valence-corrected chi connectivity index (χ2v) is 5.99. The largest absolute Gasteiger partial charge is 0.445 e. The van der Waals surface area contributed by atoms with Crippen molar-refractivity contribution in [1.29, 1.82) is 0 Å². The minimum absolute atomic E-state index is 0.249. The fraction of sp³-hybridized carbons (Fsp3) is 0.316. The third kappa shape index (κ3) is 3.14. The Labute approximate surface area is 131 Å². The van der Waals surface area contributed by atoms with Crippen molar-refractivity contribution in [3.8, 4) is 0 Å². The molecule has 1 amide bonds. The lowest BCUT2D eigenvalue weighted by Gasteiger charge is -2.42. The van der Waals surface area contributed by atoms with Gasteiger partial charge in [0.25, 0.3) is 0 Å². The highest BCUT2D eigenvalue weighted by atomic mass is 16.5. The van der Waals surface area contributed by atoms with Gasteiger partial charge in [0.1, 0.15) is 6.61 Å². The summed E-state index contributed by atoms with van der Waals surface area (Å²) in [6, 6.07) is 18.1. The Balaban J connectivity index is 1.62. The van der Waals surface area contributed by atoms with Crippen LogP contribution in [0.15, 0.2) is 54.6 Å². The molecule has 0 atom stereocenters. The van der Waals surface area contributed by atoms with Crippen LogP contribution in [0.25, 0.3) is 0 Å². The number of aryl methyl sites for hydroxylation is 1. The third-order valence-electron chi connectivity index (χ3n) is 4.37. The zero-order valence-corrected chi connectivity index (χ0v) is 12.8. The Morgan fingerprint density at radius 1 is 1.09 bits per heavy atom. The van der Waals surface area contributed by atoms with E-state index in [1.807, 2.05) is 30.3 Å². The molecule has 2 aromatic rings. The van der Waals surface area contributed by atoms with E-state index < -0.39 is 0 Å². The smallest absolute Gasteiger partial charge is 0.408 e. The first-order valence-electron chi connectivity index (χ1n) is 7.74. The first-order valence-corrected chi connectivity index (χ1v) is 7.74. The van der Waals surface area contributed by atoms with E-state index in [4.69, 9.17) is 4.74 Å². The molecule has 3 nitrogen and oxygen atoms in total. The van der Waals surface area contributed by atoms with Gasteiger partial charge in [-0.15, -0.1) is 0 Å². The maximum Gasteiger partial charge on any atom is 0.408 e.